The van der Waals surface area contributed by atoms with Crippen molar-refractivity contribution in [1.82, 2.24) is 10.2 Å². The molecule has 9 heteroatoms. The number of nitrogens with one attached hydrogen (secondary N) is 1. The number of unbranched alkanes of at least 4 members (excludes halogenated alkanes) is 3. The van der Waals surface area contributed by atoms with Gasteiger partial charge in [-0.2, -0.15) is 0 Å². The van der Waals surface area contributed by atoms with Gasteiger partial charge in [-0.1, -0.05) is 12.8 Å². The Balaban J connectivity index is 0.0000102. The molecule has 184 valence electrons. The number of imide groups is 1. The molecule has 3 amide bonds. The van der Waals surface area contributed by atoms with Crippen LogP contribution in [0.25, 0.3) is 0 Å². The van der Waals surface area contributed by atoms with Gasteiger partial charge in [-0.3, -0.25) is 28.9 Å². The van der Waals surface area contributed by atoms with E-state index < -0.39 is 0 Å². The molecule has 1 fully saturated rings. The molecule has 0 aromatic heterocycles. The second-order valence-electron chi connectivity index (χ2n) is 8.45. The van der Waals surface area contributed by atoms with Crippen molar-refractivity contribution in [2.45, 2.75) is 82.8 Å². The van der Waals surface area contributed by atoms with Crippen molar-refractivity contribution in [3.8, 4) is 0 Å². The largest absolute Gasteiger partial charge is 0.356 e. The minimum atomic E-state index is -0.248. The molecule has 1 heterocycles. The molecule has 1 saturated heterocycles. The number of carbonyl (C=O) groups is 5. The molecule has 0 spiro atoms. The molecular formula is C23H41N3O5S. The lowest BCUT2D eigenvalue weighted by Gasteiger charge is -2.13. The highest BCUT2D eigenvalue weighted by molar-refractivity contribution is 8.00. The highest BCUT2D eigenvalue weighted by Crippen LogP contribution is 2.25. The van der Waals surface area contributed by atoms with Crippen molar-refractivity contribution in [3.63, 3.8) is 0 Å². The third kappa shape index (κ3) is 11.2. The average Bonchev–Trinajstić information content (AvgIpc) is 3.00. The van der Waals surface area contributed by atoms with Crippen LogP contribution in [-0.2, 0) is 24.0 Å². The summed E-state index contributed by atoms with van der Waals surface area (Å²) in [6.45, 7) is 2.59. The minimum Gasteiger partial charge on any atom is -0.356 e. The molecule has 0 aromatic rings. The first kappa shape index (κ1) is 28.3. The molecule has 1 aliphatic rings. The first-order valence-electron chi connectivity index (χ1n) is 11.7. The molecule has 1 rings (SSSR count). The Labute approximate surface area is 197 Å². The number of hydrogen-bond acceptors (Lipinski definition) is 7. The molecule has 3 N–H and O–H groups in total. The van der Waals surface area contributed by atoms with Crippen LogP contribution in [-0.4, -0.2) is 65.3 Å². The van der Waals surface area contributed by atoms with Crippen LogP contribution in [0, 0.1) is 5.92 Å². The number of hydrogen-bond donors (Lipinski definition) is 2. The summed E-state index contributed by atoms with van der Waals surface area (Å²) in [5.41, 5.74) is 5.42. The first-order chi connectivity index (χ1) is 15.3. The van der Waals surface area contributed by atoms with Crippen molar-refractivity contribution in [2.75, 3.05) is 25.9 Å². The zero-order valence-corrected chi connectivity index (χ0v) is 20.3. The summed E-state index contributed by atoms with van der Waals surface area (Å²) >= 11 is 1.53. The molecular weight excluding hydrogens is 430 g/mol. The van der Waals surface area contributed by atoms with Gasteiger partial charge in [0, 0.05) is 46.6 Å². The Hall–Kier alpha value is -1.74. The number of nitrogens with zero attached hydrogens (tertiary/aromatic N) is 1. The van der Waals surface area contributed by atoms with Gasteiger partial charge < -0.3 is 11.1 Å². The summed E-state index contributed by atoms with van der Waals surface area (Å²) < 4.78 is 0. The maximum atomic E-state index is 11.9. The van der Waals surface area contributed by atoms with Gasteiger partial charge in [-0.25, -0.2) is 0 Å². The van der Waals surface area contributed by atoms with E-state index in [0.717, 1.165) is 37.9 Å². The van der Waals surface area contributed by atoms with E-state index in [4.69, 9.17) is 5.73 Å². The Morgan fingerprint density at radius 3 is 2.50 bits per heavy atom. The molecule has 1 aliphatic heterocycles. The van der Waals surface area contributed by atoms with Crippen LogP contribution in [0.2, 0.25) is 0 Å². The smallest absolute Gasteiger partial charge is 0.242 e. The van der Waals surface area contributed by atoms with Gasteiger partial charge in [0.25, 0.3) is 0 Å². The van der Waals surface area contributed by atoms with Crippen molar-refractivity contribution >= 4 is 41.0 Å². The van der Waals surface area contributed by atoms with E-state index in [1.54, 1.807) is 0 Å². The van der Waals surface area contributed by atoms with Crippen LogP contribution < -0.4 is 11.1 Å². The molecule has 0 bridgehead atoms. The van der Waals surface area contributed by atoms with Gasteiger partial charge in [-0.15, -0.1) is 11.8 Å². The summed E-state index contributed by atoms with van der Waals surface area (Å²) in [6, 6.07) is 0. The quantitative estimate of drug-likeness (QED) is 0.232. The van der Waals surface area contributed by atoms with E-state index in [0.29, 0.717) is 51.6 Å². The lowest BCUT2D eigenvalue weighted by Crippen LogP contribution is -2.26. The lowest BCUT2D eigenvalue weighted by molar-refractivity contribution is -0.136. The Morgan fingerprint density at radius 1 is 1.12 bits per heavy atom. The Bertz CT molecular complexity index is 662. The number of ketones is 2. The monoisotopic (exact) mass is 471 g/mol. The van der Waals surface area contributed by atoms with Crippen LogP contribution in [0.4, 0.5) is 0 Å². The number of nitrogens with two attached hydrogens (primary N) is 1. The van der Waals surface area contributed by atoms with Crippen LogP contribution in [0.3, 0.4) is 0 Å². The standard InChI is InChI=1S/C23H39N3O5S.H2/c1-17(27)18(15-19(28)10-8-12-24)9-5-6-13-25-21(29)11-4-3-7-14-32-20-16-22(30)26(2)23(20)31;/h18,20H,3-16,24H2,1-2H3,(H,25,29);1H/t18-,20?;/m1./s1. The van der Waals surface area contributed by atoms with Gasteiger partial charge in [0.1, 0.15) is 11.6 Å². The molecule has 32 heavy (non-hydrogen) atoms. The second-order valence-corrected chi connectivity index (χ2v) is 9.76. The number of rotatable bonds is 18. The topological polar surface area (TPSA) is 127 Å². The first-order valence-corrected chi connectivity index (χ1v) is 12.7. The number of likely N-dealkylation sites (tertiary alicyclic amines) is 1. The maximum Gasteiger partial charge on any atom is 0.242 e. The van der Waals surface area contributed by atoms with Crippen molar-refractivity contribution < 1.29 is 25.4 Å². The molecule has 0 aromatic carbocycles. The van der Waals surface area contributed by atoms with Gasteiger partial charge in [0.15, 0.2) is 0 Å². The van der Waals surface area contributed by atoms with Crippen LogP contribution >= 0.6 is 11.8 Å². The molecule has 0 saturated carbocycles. The normalized spacial score (nSPS) is 17.0. The maximum absolute atomic E-state index is 11.9. The van der Waals surface area contributed by atoms with E-state index in [9.17, 15) is 24.0 Å². The fraction of sp³-hybridized carbons (Fsp3) is 0.783. The van der Waals surface area contributed by atoms with Gasteiger partial charge in [0.05, 0.1) is 5.25 Å². The molecule has 2 atom stereocenters. The van der Waals surface area contributed by atoms with E-state index in [-0.39, 0.29) is 41.9 Å². The van der Waals surface area contributed by atoms with Crippen LogP contribution in [0.5, 0.6) is 0 Å². The Kier molecular flexibility index (Phi) is 14.1. The summed E-state index contributed by atoms with van der Waals surface area (Å²) in [6.07, 6.45) is 7.01. The van der Waals surface area contributed by atoms with Crippen LogP contribution in [0.1, 0.15) is 79.0 Å². The third-order valence-corrected chi connectivity index (χ3v) is 7.01. The Morgan fingerprint density at radius 2 is 1.88 bits per heavy atom. The fourth-order valence-electron chi connectivity index (χ4n) is 3.60. The van der Waals surface area contributed by atoms with E-state index in [1.807, 2.05) is 0 Å². The molecule has 8 nitrogen and oxygen atoms in total. The highest BCUT2D eigenvalue weighted by Gasteiger charge is 2.35. The van der Waals surface area contributed by atoms with Crippen molar-refractivity contribution in [1.29, 1.82) is 0 Å². The molecule has 0 radical (unpaired) electrons. The number of Topliss-reactive ketones (excluding diaryl/α,β-unsaturated/α-hetero) is 2. The fourth-order valence-corrected chi connectivity index (χ4v) is 4.82. The predicted octanol–water partition coefficient (Wildman–Crippen LogP) is 2.47. The number of amides is 3. The lowest BCUT2D eigenvalue weighted by atomic mass is 9.91. The summed E-state index contributed by atoms with van der Waals surface area (Å²) in [5.74, 6) is 0.528. The number of thioether (sulfide) groups is 1. The minimum absolute atomic E-state index is 0. The average molecular weight is 472 g/mol. The zero-order chi connectivity index (χ0) is 23.9. The number of carbonyl (C=O) groups excluding carboxylic acids is 5. The summed E-state index contributed by atoms with van der Waals surface area (Å²) in [5, 5.41) is 2.66. The second kappa shape index (κ2) is 16.0. The van der Waals surface area contributed by atoms with E-state index >= 15 is 0 Å². The highest BCUT2D eigenvalue weighted by atomic mass is 32.2. The van der Waals surface area contributed by atoms with E-state index in [2.05, 4.69) is 5.32 Å². The third-order valence-electron chi connectivity index (χ3n) is 5.72. The summed E-state index contributed by atoms with van der Waals surface area (Å²) in [4.78, 5) is 60.1. The summed E-state index contributed by atoms with van der Waals surface area (Å²) in [7, 11) is 1.53. The van der Waals surface area contributed by atoms with Crippen molar-refractivity contribution in [3.05, 3.63) is 0 Å². The zero-order valence-electron chi connectivity index (χ0n) is 19.5. The molecule has 0 aliphatic carbocycles. The predicted molar refractivity (Wildman–Crippen MR) is 128 cm³/mol. The van der Waals surface area contributed by atoms with Crippen LogP contribution in [0.15, 0.2) is 0 Å². The van der Waals surface area contributed by atoms with E-state index in [1.165, 1.54) is 30.6 Å². The molecule has 1 unspecified atom stereocenters. The SMILES string of the molecule is CC(=O)[C@H](CCCCNC(=O)CCCCCSC1CC(=O)N(C)C1=O)CC(=O)CCCN.[HH]. The van der Waals surface area contributed by atoms with Gasteiger partial charge in [0.2, 0.25) is 17.7 Å². The van der Waals surface area contributed by atoms with Gasteiger partial charge >= 0.3 is 0 Å². The van der Waals surface area contributed by atoms with Gasteiger partial charge in [-0.05, 0) is 51.3 Å². The van der Waals surface area contributed by atoms with Crippen molar-refractivity contribution in [2.24, 2.45) is 11.7 Å².